The third kappa shape index (κ3) is 5.33. The second-order valence-electron chi connectivity index (χ2n) is 11.6. The highest BCUT2D eigenvalue weighted by Gasteiger charge is 2.40. The molecule has 7 heteroatoms. The molecule has 2 bridgehead atoms. The standard InChI is InChI=1S/C34H37NO5S/c1-35(2)28-21-23-13-16-32(33-27(23)22-31(39-33)30(37)15-14-29(28)36)41(38)40-26-17-19-34(20-18-26,24-9-5-3-6-10-24)25-11-7-4-8-12-25/h3-13,16,26,31,36H,14-15,17-22H2,1-2H3/b29-28-. The van der Waals surface area contributed by atoms with E-state index < -0.39 is 17.2 Å². The van der Waals surface area contributed by atoms with Gasteiger partial charge in [0.15, 0.2) is 23.0 Å². The number of Topliss-reactive ketones (excluding diaryl/α,β-unsaturated/α-hetero) is 1. The molecule has 3 aliphatic rings. The van der Waals surface area contributed by atoms with Gasteiger partial charge in [-0.3, -0.25) is 8.98 Å². The third-order valence-electron chi connectivity index (χ3n) is 9.01. The van der Waals surface area contributed by atoms with Crippen LogP contribution in [0.15, 0.2) is 89.1 Å². The molecule has 2 aliphatic carbocycles. The number of hydrogen-bond acceptors (Lipinski definition) is 6. The van der Waals surface area contributed by atoms with E-state index in [0.29, 0.717) is 23.5 Å². The van der Waals surface area contributed by atoms with Gasteiger partial charge in [0, 0.05) is 50.8 Å². The SMILES string of the molecule is CN(C)/C1=C(\O)CCC(=O)C2Cc3c(ccc(S(=O)OC4CCC(c5ccccc5)(c5ccccc5)CC4)c3O2)C1. The number of aliphatic hydroxyl groups is 1. The summed E-state index contributed by atoms with van der Waals surface area (Å²) in [5.41, 5.74) is 5.15. The highest BCUT2D eigenvalue weighted by atomic mass is 32.2. The lowest BCUT2D eigenvalue weighted by Crippen LogP contribution is -2.36. The van der Waals surface area contributed by atoms with Crippen LogP contribution in [0.25, 0.3) is 0 Å². The van der Waals surface area contributed by atoms with Crippen LogP contribution in [-0.2, 0) is 38.3 Å². The minimum Gasteiger partial charge on any atom is -0.510 e. The van der Waals surface area contributed by atoms with E-state index in [0.717, 1.165) is 42.5 Å². The van der Waals surface area contributed by atoms with Crippen molar-refractivity contribution in [3.8, 4) is 5.75 Å². The van der Waals surface area contributed by atoms with Crippen molar-refractivity contribution in [1.29, 1.82) is 0 Å². The normalized spacial score (nSPS) is 23.1. The lowest BCUT2D eigenvalue weighted by molar-refractivity contribution is -0.125. The fourth-order valence-electron chi connectivity index (χ4n) is 6.71. The van der Waals surface area contributed by atoms with Crippen molar-refractivity contribution in [2.24, 2.45) is 0 Å². The zero-order valence-corrected chi connectivity index (χ0v) is 24.5. The van der Waals surface area contributed by atoms with E-state index in [2.05, 4.69) is 60.7 Å². The van der Waals surface area contributed by atoms with Gasteiger partial charge in [0.25, 0.3) is 0 Å². The van der Waals surface area contributed by atoms with E-state index in [-0.39, 0.29) is 35.9 Å². The Balaban J connectivity index is 1.23. The fraction of sp³-hybridized carbons (Fsp3) is 0.382. The first-order valence-electron chi connectivity index (χ1n) is 14.5. The molecule has 6 nitrogen and oxygen atoms in total. The summed E-state index contributed by atoms with van der Waals surface area (Å²) < 4.78 is 26.1. The van der Waals surface area contributed by atoms with E-state index in [1.165, 1.54) is 11.1 Å². The van der Waals surface area contributed by atoms with Crippen molar-refractivity contribution in [3.05, 3.63) is 107 Å². The number of rotatable bonds is 6. The number of allylic oxidation sites excluding steroid dienone is 2. The molecule has 2 unspecified atom stereocenters. The number of hydrogen-bond donors (Lipinski definition) is 1. The summed E-state index contributed by atoms with van der Waals surface area (Å²) in [5.74, 6) is 0.688. The zero-order chi connectivity index (χ0) is 28.6. The predicted molar refractivity (Wildman–Crippen MR) is 159 cm³/mol. The van der Waals surface area contributed by atoms with Gasteiger partial charge in [-0.25, -0.2) is 4.21 Å². The Bertz CT molecular complexity index is 1430. The molecular formula is C34H37NO5S. The van der Waals surface area contributed by atoms with Crippen LogP contribution in [0.4, 0.5) is 0 Å². The molecule has 0 saturated heterocycles. The second kappa shape index (κ2) is 11.5. The molecule has 3 aromatic carbocycles. The molecule has 2 atom stereocenters. The molecular weight excluding hydrogens is 534 g/mol. The highest BCUT2D eigenvalue weighted by Crippen LogP contribution is 2.46. The van der Waals surface area contributed by atoms with Crippen molar-refractivity contribution in [1.82, 2.24) is 4.90 Å². The average molecular weight is 572 g/mol. The van der Waals surface area contributed by atoms with Crippen LogP contribution in [0.1, 0.15) is 60.8 Å². The van der Waals surface area contributed by atoms with Gasteiger partial charge >= 0.3 is 0 Å². The Hall–Kier alpha value is -3.42. The second-order valence-corrected chi connectivity index (χ2v) is 12.7. The summed E-state index contributed by atoms with van der Waals surface area (Å²) in [4.78, 5) is 15.3. The van der Waals surface area contributed by atoms with Gasteiger partial charge in [0.05, 0.1) is 11.8 Å². The molecule has 214 valence electrons. The van der Waals surface area contributed by atoms with Crippen LogP contribution in [-0.4, -0.2) is 46.3 Å². The molecule has 0 spiro atoms. The Morgan fingerprint density at radius 3 is 2.17 bits per heavy atom. The summed E-state index contributed by atoms with van der Waals surface area (Å²) in [7, 11) is 3.79. The number of likely N-dealkylation sites (N-methyl/N-ethyl adjacent to an activating group) is 1. The van der Waals surface area contributed by atoms with Crippen LogP contribution in [0.5, 0.6) is 5.75 Å². The van der Waals surface area contributed by atoms with Gasteiger partial charge in [0.2, 0.25) is 0 Å². The molecule has 1 fully saturated rings. The summed E-state index contributed by atoms with van der Waals surface area (Å²) in [6, 6.07) is 25.1. The fourth-order valence-corrected chi connectivity index (χ4v) is 7.75. The summed E-state index contributed by atoms with van der Waals surface area (Å²) in [6.45, 7) is 0. The molecule has 6 rings (SSSR count). The van der Waals surface area contributed by atoms with Gasteiger partial charge in [-0.15, -0.1) is 0 Å². The maximum Gasteiger partial charge on any atom is 0.193 e. The van der Waals surface area contributed by atoms with Crippen LogP contribution in [0.3, 0.4) is 0 Å². The Kier molecular flexibility index (Phi) is 7.75. The molecule has 0 aromatic heterocycles. The van der Waals surface area contributed by atoms with Crippen LogP contribution >= 0.6 is 0 Å². The highest BCUT2D eigenvalue weighted by molar-refractivity contribution is 7.80. The van der Waals surface area contributed by atoms with Crippen molar-refractivity contribution < 1.29 is 23.0 Å². The average Bonchev–Trinajstić information content (AvgIpc) is 3.45. The van der Waals surface area contributed by atoms with Gasteiger partial charge in [-0.2, -0.15) is 0 Å². The minimum atomic E-state index is -1.74. The largest absolute Gasteiger partial charge is 0.510 e. The minimum absolute atomic E-state index is 0.0539. The number of ketones is 1. The van der Waals surface area contributed by atoms with E-state index >= 15 is 0 Å². The molecule has 0 amide bonds. The zero-order valence-electron chi connectivity index (χ0n) is 23.7. The maximum atomic E-state index is 13.7. The van der Waals surface area contributed by atoms with Crippen molar-refractivity contribution >= 4 is 16.9 Å². The molecule has 1 N–H and O–H groups in total. The van der Waals surface area contributed by atoms with Gasteiger partial charge < -0.3 is 14.7 Å². The lowest BCUT2D eigenvalue weighted by Gasteiger charge is -2.41. The summed E-state index contributed by atoms with van der Waals surface area (Å²) >= 11 is -1.74. The first-order valence-corrected chi connectivity index (χ1v) is 15.6. The summed E-state index contributed by atoms with van der Waals surface area (Å²) in [6.07, 6.45) is 4.07. The quantitative estimate of drug-likeness (QED) is 0.380. The molecule has 1 aliphatic heterocycles. The smallest absolute Gasteiger partial charge is 0.193 e. The first kappa shape index (κ1) is 27.7. The van der Waals surface area contributed by atoms with Gasteiger partial charge in [0.1, 0.15) is 16.4 Å². The predicted octanol–water partition coefficient (Wildman–Crippen LogP) is 6.19. The number of carbonyl (C=O) groups excluding carboxylic acids is 1. The number of fused-ring (bicyclic) bond motifs is 1. The topological polar surface area (TPSA) is 76.1 Å². The third-order valence-corrected chi connectivity index (χ3v) is 10.1. The molecule has 41 heavy (non-hydrogen) atoms. The first-order chi connectivity index (χ1) is 19.9. The molecule has 1 heterocycles. The van der Waals surface area contributed by atoms with E-state index in [1.54, 1.807) is 6.07 Å². The maximum absolute atomic E-state index is 13.7. The van der Waals surface area contributed by atoms with Crippen molar-refractivity contribution in [2.45, 2.75) is 73.9 Å². The van der Waals surface area contributed by atoms with E-state index in [4.69, 9.17) is 8.92 Å². The lowest BCUT2D eigenvalue weighted by atomic mass is 9.65. The van der Waals surface area contributed by atoms with Gasteiger partial charge in [-0.05, 0) is 48.4 Å². The molecule has 1 saturated carbocycles. The number of nitrogens with zero attached hydrogens (tertiary/aromatic N) is 1. The Morgan fingerprint density at radius 2 is 1.56 bits per heavy atom. The van der Waals surface area contributed by atoms with Crippen molar-refractivity contribution in [3.63, 3.8) is 0 Å². The van der Waals surface area contributed by atoms with Crippen LogP contribution in [0, 0.1) is 0 Å². The van der Waals surface area contributed by atoms with Crippen LogP contribution < -0.4 is 4.74 Å². The van der Waals surface area contributed by atoms with Crippen molar-refractivity contribution in [2.75, 3.05) is 14.1 Å². The van der Waals surface area contributed by atoms with E-state index in [1.807, 2.05) is 25.1 Å². The molecule has 3 aromatic rings. The Labute approximate surface area is 244 Å². The molecule has 0 radical (unpaired) electrons. The number of aliphatic hydroxyl groups excluding tert-OH is 1. The van der Waals surface area contributed by atoms with E-state index in [9.17, 15) is 14.1 Å². The monoisotopic (exact) mass is 571 g/mol. The Morgan fingerprint density at radius 1 is 0.927 bits per heavy atom. The number of carbonyl (C=O) groups is 1. The van der Waals surface area contributed by atoms with Gasteiger partial charge in [-0.1, -0.05) is 66.7 Å². The summed E-state index contributed by atoms with van der Waals surface area (Å²) in [5, 5.41) is 10.7. The number of benzene rings is 3. The van der Waals surface area contributed by atoms with Crippen LogP contribution in [0.2, 0.25) is 0 Å². The number of ether oxygens (including phenoxy) is 1.